The molecule has 2 aromatic rings. The molecule has 4 nitrogen and oxygen atoms in total. The van der Waals surface area contributed by atoms with Crippen LogP contribution >= 0.6 is 11.6 Å². The standard InChI is InChI=1S/C18H21ClN2O2/c1-21(16-8-3-2-4-9-16)12-11-20-18(22)14-23-13-15-7-5-6-10-17(15)19/h2-10H,11-14H2,1H3,(H,20,22). The van der Waals surface area contributed by atoms with Gasteiger partial charge in [0.05, 0.1) is 6.61 Å². The Kier molecular flexibility index (Phi) is 6.91. The number of hydrogen-bond donors (Lipinski definition) is 1. The summed E-state index contributed by atoms with van der Waals surface area (Å²) in [6, 6.07) is 17.5. The summed E-state index contributed by atoms with van der Waals surface area (Å²) in [7, 11) is 2.00. The summed E-state index contributed by atoms with van der Waals surface area (Å²) in [5.41, 5.74) is 2.00. The normalized spacial score (nSPS) is 10.3. The van der Waals surface area contributed by atoms with E-state index in [0.29, 0.717) is 18.2 Å². The zero-order chi connectivity index (χ0) is 16.5. The topological polar surface area (TPSA) is 41.6 Å². The molecule has 0 aliphatic carbocycles. The fourth-order valence-corrected chi connectivity index (χ4v) is 2.29. The molecule has 0 heterocycles. The summed E-state index contributed by atoms with van der Waals surface area (Å²) >= 11 is 6.03. The minimum Gasteiger partial charge on any atom is -0.373 e. The lowest BCUT2D eigenvalue weighted by Crippen LogP contribution is -2.34. The first kappa shape index (κ1) is 17.3. The molecule has 0 fully saturated rings. The van der Waals surface area contributed by atoms with Crippen LogP contribution in [0.25, 0.3) is 0 Å². The lowest BCUT2D eigenvalue weighted by Gasteiger charge is -2.19. The Morgan fingerprint density at radius 3 is 2.57 bits per heavy atom. The number of rotatable bonds is 8. The van der Waals surface area contributed by atoms with Gasteiger partial charge in [-0.3, -0.25) is 4.79 Å². The van der Waals surface area contributed by atoms with E-state index < -0.39 is 0 Å². The highest BCUT2D eigenvalue weighted by Crippen LogP contribution is 2.15. The Labute approximate surface area is 142 Å². The zero-order valence-corrected chi connectivity index (χ0v) is 13.9. The number of halogens is 1. The number of benzene rings is 2. The summed E-state index contributed by atoms with van der Waals surface area (Å²) in [5, 5.41) is 3.50. The van der Waals surface area contributed by atoms with E-state index in [0.717, 1.165) is 17.8 Å². The van der Waals surface area contributed by atoms with Crippen molar-refractivity contribution in [3.63, 3.8) is 0 Å². The van der Waals surface area contributed by atoms with Crippen molar-refractivity contribution in [2.75, 3.05) is 31.6 Å². The number of amides is 1. The van der Waals surface area contributed by atoms with E-state index in [1.807, 2.05) is 55.6 Å². The second-order valence-corrected chi connectivity index (χ2v) is 5.60. The third-order valence-electron chi connectivity index (χ3n) is 3.41. The molecule has 1 amide bonds. The van der Waals surface area contributed by atoms with Gasteiger partial charge >= 0.3 is 0 Å². The van der Waals surface area contributed by atoms with Gasteiger partial charge in [-0.2, -0.15) is 0 Å². The molecule has 0 unspecified atom stereocenters. The summed E-state index contributed by atoms with van der Waals surface area (Å²) in [4.78, 5) is 13.8. The highest BCUT2D eigenvalue weighted by molar-refractivity contribution is 6.31. The highest BCUT2D eigenvalue weighted by Gasteiger charge is 2.04. The second-order valence-electron chi connectivity index (χ2n) is 5.19. The lowest BCUT2D eigenvalue weighted by atomic mass is 10.2. The van der Waals surface area contributed by atoms with Gasteiger partial charge in [0.2, 0.25) is 5.91 Å². The number of likely N-dealkylation sites (N-methyl/N-ethyl adjacent to an activating group) is 1. The van der Waals surface area contributed by atoms with Crippen molar-refractivity contribution in [3.05, 3.63) is 65.2 Å². The number of para-hydroxylation sites is 1. The highest BCUT2D eigenvalue weighted by atomic mass is 35.5. The van der Waals surface area contributed by atoms with Crippen LogP contribution in [-0.4, -0.2) is 32.7 Å². The Hall–Kier alpha value is -2.04. The van der Waals surface area contributed by atoms with Crippen LogP contribution in [0.1, 0.15) is 5.56 Å². The van der Waals surface area contributed by atoms with Crippen LogP contribution in [0.15, 0.2) is 54.6 Å². The molecular formula is C18H21ClN2O2. The van der Waals surface area contributed by atoms with E-state index in [1.165, 1.54) is 0 Å². The van der Waals surface area contributed by atoms with Crippen LogP contribution in [0, 0.1) is 0 Å². The second kappa shape index (κ2) is 9.18. The minimum absolute atomic E-state index is 0.0281. The fraction of sp³-hybridized carbons (Fsp3) is 0.278. The first-order valence-corrected chi connectivity index (χ1v) is 7.88. The molecule has 0 atom stereocenters. The van der Waals surface area contributed by atoms with Gasteiger partial charge in [-0.15, -0.1) is 0 Å². The number of nitrogens with zero attached hydrogens (tertiary/aromatic N) is 1. The molecule has 0 aliphatic rings. The molecule has 0 spiro atoms. The maximum atomic E-state index is 11.7. The maximum Gasteiger partial charge on any atom is 0.246 e. The van der Waals surface area contributed by atoms with E-state index >= 15 is 0 Å². The number of hydrogen-bond acceptors (Lipinski definition) is 3. The van der Waals surface area contributed by atoms with Crippen molar-refractivity contribution in [3.8, 4) is 0 Å². The van der Waals surface area contributed by atoms with Gasteiger partial charge in [0.25, 0.3) is 0 Å². The molecule has 0 aliphatic heterocycles. The molecule has 5 heteroatoms. The molecule has 0 aromatic heterocycles. The Balaban J connectivity index is 1.63. The van der Waals surface area contributed by atoms with Gasteiger partial charge in [0.15, 0.2) is 0 Å². The monoisotopic (exact) mass is 332 g/mol. The van der Waals surface area contributed by atoms with Crippen LogP contribution in [0.2, 0.25) is 5.02 Å². The third-order valence-corrected chi connectivity index (χ3v) is 3.78. The van der Waals surface area contributed by atoms with E-state index in [1.54, 1.807) is 6.07 Å². The van der Waals surface area contributed by atoms with Crippen molar-refractivity contribution >= 4 is 23.2 Å². The fourth-order valence-electron chi connectivity index (χ4n) is 2.09. The average molecular weight is 333 g/mol. The molecule has 2 rings (SSSR count). The molecule has 23 heavy (non-hydrogen) atoms. The van der Waals surface area contributed by atoms with E-state index in [9.17, 15) is 4.79 Å². The number of nitrogens with one attached hydrogen (secondary N) is 1. The number of carbonyl (C=O) groups excluding carboxylic acids is 1. The van der Waals surface area contributed by atoms with Crippen molar-refractivity contribution < 1.29 is 9.53 Å². The van der Waals surface area contributed by atoms with Crippen LogP contribution in [0.3, 0.4) is 0 Å². The van der Waals surface area contributed by atoms with E-state index in [2.05, 4.69) is 10.2 Å². The third kappa shape index (κ3) is 5.93. The molecule has 122 valence electrons. The molecule has 0 bridgehead atoms. The number of anilines is 1. The van der Waals surface area contributed by atoms with Crippen molar-refractivity contribution in [2.24, 2.45) is 0 Å². The summed E-state index contributed by atoms with van der Waals surface area (Å²) in [5.74, 6) is -0.126. The first-order chi connectivity index (χ1) is 11.2. The molecule has 1 N–H and O–H groups in total. The zero-order valence-electron chi connectivity index (χ0n) is 13.2. The minimum atomic E-state index is -0.126. The smallest absolute Gasteiger partial charge is 0.246 e. The van der Waals surface area contributed by atoms with Crippen LogP contribution in [0.4, 0.5) is 5.69 Å². The maximum absolute atomic E-state index is 11.7. The summed E-state index contributed by atoms with van der Waals surface area (Å²) < 4.78 is 5.39. The Morgan fingerprint density at radius 2 is 1.83 bits per heavy atom. The van der Waals surface area contributed by atoms with E-state index in [4.69, 9.17) is 16.3 Å². The lowest BCUT2D eigenvalue weighted by molar-refractivity contribution is -0.126. The molecule has 0 saturated carbocycles. The van der Waals surface area contributed by atoms with Gasteiger partial charge in [0.1, 0.15) is 6.61 Å². The molecular weight excluding hydrogens is 312 g/mol. The first-order valence-electron chi connectivity index (χ1n) is 7.51. The molecule has 2 aromatic carbocycles. The Morgan fingerprint density at radius 1 is 1.13 bits per heavy atom. The van der Waals surface area contributed by atoms with Crippen LogP contribution in [0.5, 0.6) is 0 Å². The van der Waals surface area contributed by atoms with Crippen molar-refractivity contribution in [2.45, 2.75) is 6.61 Å². The average Bonchev–Trinajstić information content (AvgIpc) is 2.57. The molecule has 0 saturated heterocycles. The van der Waals surface area contributed by atoms with Crippen molar-refractivity contribution in [1.29, 1.82) is 0 Å². The SMILES string of the molecule is CN(CCNC(=O)COCc1ccccc1Cl)c1ccccc1. The molecule has 0 radical (unpaired) electrons. The predicted molar refractivity (Wildman–Crippen MR) is 93.8 cm³/mol. The van der Waals surface area contributed by atoms with Gasteiger partial charge in [0, 0.05) is 30.8 Å². The summed E-state index contributed by atoms with van der Waals surface area (Å²) in [6.07, 6.45) is 0. The number of ether oxygens (including phenoxy) is 1. The van der Waals surface area contributed by atoms with Gasteiger partial charge in [-0.1, -0.05) is 48.0 Å². The quantitative estimate of drug-likeness (QED) is 0.807. The van der Waals surface area contributed by atoms with E-state index in [-0.39, 0.29) is 12.5 Å². The Bertz CT molecular complexity index is 619. The van der Waals surface area contributed by atoms with Gasteiger partial charge in [-0.05, 0) is 23.8 Å². The predicted octanol–water partition coefficient (Wildman–Crippen LogP) is 3.11. The number of carbonyl (C=O) groups is 1. The largest absolute Gasteiger partial charge is 0.373 e. The van der Waals surface area contributed by atoms with Crippen molar-refractivity contribution in [1.82, 2.24) is 5.32 Å². The van der Waals surface area contributed by atoms with Crippen LogP contribution < -0.4 is 10.2 Å². The van der Waals surface area contributed by atoms with Crippen LogP contribution in [-0.2, 0) is 16.1 Å². The van der Waals surface area contributed by atoms with Gasteiger partial charge < -0.3 is 15.0 Å². The van der Waals surface area contributed by atoms with Gasteiger partial charge in [-0.25, -0.2) is 0 Å². The summed E-state index contributed by atoms with van der Waals surface area (Å²) in [6.45, 7) is 1.66.